The number of carboxylic acids is 1. The number of carboxylic acid groups (broad SMARTS) is 1. The number of fused-ring (bicyclic) bond motifs is 2. The molecule has 73 heavy (non-hydrogen) atoms. The van der Waals surface area contributed by atoms with E-state index in [0.29, 0.717) is 49.3 Å². The lowest BCUT2D eigenvalue weighted by Gasteiger charge is -2.17. The number of benzene rings is 4. The third kappa shape index (κ3) is 12.4. The molecular weight excluding hydrogens is 1000 g/mol. The third-order valence-electron chi connectivity index (χ3n) is 12.8. The molecule has 0 aliphatic heterocycles. The van der Waals surface area contributed by atoms with Crippen LogP contribution in [0.2, 0.25) is 20.4 Å². The number of anilines is 3. The highest BCUT2D eigenvalue weighted by Gasteiger charge is 2.27. The summed E-state index contributed by atoms with van der Waals surface area (Å²) in [6.45, 7) is 3.48. The minimum atomic E-state index is -0.866. The molecule has 0 saturated heterocycles. The lowest BCUT2D eigenvalue weighted by Crippen LogP contribution is -2.25. The minimum absolute atomic E-state index is 0.0815. The number of likely N-dealkylation sites (N-methyl/N-ethyl adjacent to an activating group) is 3. The van der Waals surface area contributed by atoms with E-state index < -0.39 is 5.97 Å². The van der Waals surface area contributed by atoms with Crippen molar-refractivity contribution in [2.75, 3.05) is 57.2 Å². The summed E-state index contributed by atoms with van der Waals surface area (Å²) in [7, 11) is 7.75. The SMILES string of the molecule is CN(C(=O)/C=C/CN(C)C1CC1)c1ccc(-n2c(Cl)c(-c3ccc(Cl)cc3)c3c(N)ncnc32)cc1.CN(C/C=C/C(=O)O)C1CC1.CNc1ccc(-n2c(Cl)c(-c3ccc(Cl)cc3)c3c(C)ncnc32)cc1. The van der Waals surface area contributed by atoms with Crippen molar-refractivity contribution in [2.24, 2.45) is 0 Å². The first kappa shape index (κ1) is 52.5. The lowest BCUT2D eigenvalue weighted by atomic mass is 10.1. The maximum absolute atomic E-state index is 12.7. The summed E-state index contributed by atoms with van der Waals surface area (Å²) >= 11 is 25.9. The van der Waals surface area contributed by atoms with Crippen LogP contribution in [-0.4, -0.2) is 109 Å². The average Bonchev–Trinajstić information content (AvgIpc) is 4.34. The van der Waals surface area contributed by atoms with E-state index in [1.54, 1.807) is 42.6 Å². The molecule has 2 aliphatic carbocycles. The van der Waals surface area contributed by atoms with Crippen LogP contribution in [0.3, 0.4) is 0 Å². The van der Waals surface area contributed by atoms with E-state index in [-0.39, 0.29) is 5.91 Å². The lowest BCUT2D eigenvalue weighted by molar-refractivity contribution is -0.131. The zero-order valence-corrected chi connectivity index (χ0v) is 44.0. The Morgan fingerprint density at radius 3 is 1.59 bits per heavy atom. The second-order valence-electron chi connectivity index (χ2n) is 17.8. The average molecular weight is 1060 g/mol. The molecule has 2 fully saturated rings. The van der Waals surface area contributed by atoms with Gasteiger partial charge in [0.15, 0.2) is 5.65 Å². The zero-order valence-electron chi connectivity index (χ0n) is 41.0. The fourth-order valence-electron chi connectivity index (χ4n) is 8.38. The van der Waals surface area contributed by atoms with Gasteiger partial charge in [0.25, 0.3) is 0 Å². The summed E-state index contributed by atoms with van der Waals surface area (Å²) < 4.78 is 3.78. The quantitative estimate of drug-likeness (QED) is 0.0888. The predicted molar refractivity (Wildman–Crippen MR) is 298 cm³/mol. The second kappa shape index (κ2) is 23.4. The first-order valence-electron chi connectivity index (χ1n) is 23.6. The van der Waals surface area contributed by atoms with Crippen molar-refractivity contribution in [1.82, 2.24) is 38.9 Å². The van der Waals surface area contributed by atoms with Gasteiger partial charge in [0.1, 0.15) is 34.4 Å². The number of aliphatic carboxylic acids is 1. The van der Waals surface area contributed by atoms with Gasteiger partial charge in [-0.25, -0.2) is 24.7 Å². The van der Waals surface area contributed by atoms with Gasteiger partial charge in [-0.15, -0.1) is 0 Å². The van der Waals surface area contributed by atoms with Crippen LogP contribution < -0.4 is 16.0 Å². The molecule has 0 atom stereocenters. The zero-order chi connectivity index (χ0) is 51.9. The Balaban J connectivity index is 0.000000167. The minimum Gasteiger partial charge on any atom is -0.478 e. The molecule has 14 nitrogen and oxygen atoms in total. The van der Waals surface area contributed by atoms with Gasteiger partial charge in [-0.3, -0.25) is 23.7 Å². The van der Waals surface area contributed by atoms with E-state index in [2.05, 4.69) is 42.1 Å². The molecule has 10 rings (SSSR count). The summed E-state index contributed by atoms with van der Waals surface area (Å²) in [6.07, 6.45) is 14.4. The maximum Gasteiger partial charge on any atom is 0.328 e. The molecule has 0 radical (unpaired) electrons. The van der Waals surface area contributed by atoms with E-state index in [0.717, 1.165) is 74.8 Å². The summed E-state index contributed by atoms with van der Waals surface area (Å²) in [5, 5.41) is 15.4. The van der Waals surface area contributed by atoms with Crippen molar-refractivity contribution in [1.29, 1.82) is 0 Å². The van der Waals surface area contributed by atoms with E-state index in [9.17, 15) is 9.59 Å². The standard InChI is InChI=1S/C27H26Cl2N6O.C20H16Cl2N4.C8H13NO2/c1-33(19-9-10-19)15-3-4-22(36)34(2)20-11-13-21(14-12-20)35-25(29)23(17-5-7-18(28)8-6-17)24-26(30)31-16-32-27(24)35;1-12-17-18(13-3-5-14(21)6-4-13)19(22)26(20(17)25-11-24-12)16-9-7-15(23-2)8-10-16;1-9(7-4-5-7)6-2-3-8(10)11/h3-8,11-14,16,19H,9-10,15H2,1-2H3,(H2,30,31,32);3-11,23H,1-2H3;2-3,7H,4-6H2,1H3,(H,10,11)/b4-3+;;3-2+. The second-order valence-corrected chi connectivity index (χ2v) is 19.4. The number of nitrogens with zero attached hydrogens (tertiary/aromatic N) is 9. The van der Waals surface area contributed by atoms with E-state index in [4.69, 9.17) is 57.2 Å². The fourth-order valence-corrected chi connectivity index (χ4v) is 9.39. The van der Waals surface area contributed by atoms with Crippen molar-refractivity contribution in [3.8, 4) is 33.6 Å². The Labute approximate surface area is 444 Å². The summed E-state index contributed by atoms with van der Waals surface area (Å²) in [5.41, 5.74) is 15.5. The van der Waals surface area contributed by atoms with Gasteiger partial charge in [-0.2, -0.15) is 0 Å². The van der Waals surface area contributed by atoms with Gasteiger partial charge in [-0.1, -0.05) is 82.8 Å². The van der Waals surface area contributed by atoms with E-state index in [1.165, 1.54) is 38.1 Å². The van der Waals surface area contributed by atoms with Crippen molar-refractivity contribution in [3.63, 3.8) is 0 Å². The Kier molecular flexibility index (Phi) is 16.8. The first-order valence-corrected chi connectivity index (χ1v) is 25.1. The highest BCUT2D eigenvalue weighted by Crippen LogP contribution is 2.43. The Hall–Kier alpha value is -6.78. The molecule has 2 aliphatic rings. The predicted octanol–water partition coefficient (Wildman–Crippen LogP) is 12.1. The van der Waals surface area contributed by atoms with Gasteiger partial charge in [0.05, 0.1) is 16.5 Å². The van der Waals surface area contributed by atoms with Crippen molar-refractivity contribution >= 4 is 97.5 Å². The number of aryl methyl sites for hydroxylation is 1. The van der Waals surface area contributed by atoms with Gasteiger partial charge in [0, 0.05) is 95.3 Å². The van der Waals surface area contributed by atoms with Crippen molar-refractivity contribution in [3.05, 3.63) is 160 Å². The van der Waals surface area contributed by atoms with Gasteiger partial charge < -0.3 is 21.1 Å². The number of halogens is 4. The number of nitrogens with one attached hydrogen (secondary N) is 1. The van der Waals surface area contributed by atoms with Crippen LogP contribution in [0.25, 0.3) is 55.7 Å². The van der Waals surface area contributed by atoms with E-state index in [1.807, 2.05) is 121 Å². The Bertz CT molecular complexity index is 3300. The first-order chi connectivity index (χ1) is 35.1. The Morgan fingerprint density at radius 1 is 0.658 bits per heavy atom. The number of nitrogens with two attached hydrogens (primary N) is 1. The smallest absolute Gasteiger partial charge is 0.328 e. The molecule has 0 unspecified atom stereocenters. The molecule has 376 valence electrons. The molecule has 4 N–H and O–H groups in total. The molecule has 4 heterocycles. The number of carbonyl (C=O) groups is 2. The Morgan fingerprint density at radius 2 is 1.11 bits per heavy atom. The van der Waals surface area contributed by atoms with Crippen LogP contribution in [-0.2, 0) is 9.59 Å². The van der Waals surface area contributed by atoms with Crippen LogP contribution in [0.4, 0.5) is 17.2 Å². The number of hydrogen-bond donors (Lipinski definition) is 3. The van der Waals surface area contributed by atoms with Crippen LogP contribution >= 0.6 is 46.4 Å². The maximum atomic E-state index is 12.7. The van der Waals surface area contributed by atoms with Gasteiger partial charge >= 0.3 is 5.97 Å². The molecule has 0 bridgehead atoms. The normalized spacial score (nSPS) is 13.4. The highest BCUT2D eigenvalue weighted by atomic mass is 35.5. The highest BCUT2D eigenvalue weighted by molar-refractivity contribution is 6.36. The van der Waals surface area contributed by atoms with Crippen LogP contribution in [0, 0.1) is 6.92 Å². The van der Waals surface area contributed by atoms with Gasteiger partial charge in [0.2, 0.25) is 5.91 Å². The number of rotatable bonds is 14. The third-order valence-corrected chi connectivity index (χ3v) is 14.0. The molecule has 4 aromatic heterocycles. The fraction of sp³-hybridized carbons (Fsp3) is 0.236. The summed E-state index contributed by atoms with van der Waals surface area (Å²) in [5.74, 6) is -0.609. The molecule has 0 spiro atoms. The largest absolute Gasteiger partial charge is 0.478 e. The molecule has 8 aromatic rings. The molecule has 18 heteroatoms. The number of nitrogen functional groups attached to an aromatic ring is 1. The van der Waals surface area contributed by atoms with Crippen LogP contribution in [0.15, 0.2) is 134 Å². The van der Waals surface area contributed by atoms with E-state index >= 15 is 0 Å². The molecule has 4 aromatic carbocycles. The summed E-state index contributed by atoms with van der Waals surface area (Å²) in [6, 6.07) is 32.0. The molecular formula is C55H55Cl4N11O3. The van der Waals surface area contributed by atoms with Gasteiger partial charge in [-0.05, 0) is 131 Å². The molecule has 1 amide bonds. The number of aromatic nitrogens is 6. The van der Waals surface area contributed by atoms with Crippen LogP contribution in [0.5, 0.6) is 0 Å². The number of carbonyl (C=O) groups excluding carboxylic acids is 1. The molecule has 2 saturated carbocycles. The number of amides is 1. The summed E-state index contributed by atoms with van der Waals surface area (Å²) in [4.78, 5) is 46.3. The van der Waals surface area contributed by atoms with Crippen molar-refractivity contribution in [2.45, 2.75) is 44.7 Å². The van der Waals surface area contributed by atoms with Crippen LogP contribution in [0.1, 0.15) is 31.4 Å². The number of hydrogen-bond acceptors (Lipinski definition) is 10. The monoisotopic (exact) mass is 1060 g/mol. The van der Waals surface area contributed by atoms with Crippen molar-refractivity contribution < 1.29 is 14.7 Å². The topological polar surface area (TPSA) is 164 Å².